The first-order chi connectivity index (χ1) is 8.70. The number of rotatable bonds is 4. The molecule has 0 aromatic heterocycles. The standard InChI is InChI=1S/C14H20N2O2/c1-2-11-7-9-12(10-8-11)15-13-5-3-4-6-14(13)16(17)18/h7-10,13-15H,2-6H2,1H3/t13-,14-/m0/s1. The van der Waals surface area contributed by atoms with Crippen LogP contribution in [0.4, 0.5) is 5.69 Å². The minimum atomic E-state index is -0.440. The first-order valence-corrected chi connectivity index (χ1v) is 6.69. The van der Waals surface area contributed by atoms with Gasteiger partial charge in [-0.3, -0.25) is 10.1 Å². The highest BCUT2D eigenvalue weighted by Gasteiger charge is 2.33. The molecule has 0 unspecified atom stereocenters. The molecule has 4 nitrogen and oxygen atoms in total. The predicted octanol–water partition coefficient (Wildman–Crippen LogP) is 3.25. The summed E-state index contributed by atoms with van der Waals surface area (Å²) in [7, 11) is 0. The second kappa shape index (κ2) is 5.85. The van der Waals surface area contributed by atoms with Gasteiger partial charge in [0.2, 0.25) is 6.04 Å². The van der Waals surface area contributed by atoms with E-state index in [-0.39, 0.29) is 11.0 Å². The van der Waals surface area contributed by atoms with Crippen molar-refractivity contribution in [3.63, 3.8) is 0 Å². The lowest BCUT2D eigenvalue weighted by Gasteiger charge is -2.27. The first kappa shape index (κ1) is 12.9. The van der Waals surface area contributed by atoms with Crippen molar-refractivity contribution < 1.29 is 4.92 Å². The highest BCUT2D eigenvalue weighted by molar-refractivity contribution is 5.45. The third-order valence-electron chi connectivity index (χ3n) is 3.71. The van der Waals surface area contributed by atoms with Crippen LogP contribution in [0.2, 0.25) is 0 Å². The summed E-state index contributed by atoms with van der Waals surface area (Å²) in [6.07, 6.45) is 4.65. The summed E-state index contributed by atoms with van der Waals surface area (Å²) in [5, 5.41) is 14.3. The SMILES string of the molecule is CCc1ccc(N[C@H]2CCCC[C@@H]2[N+](=O)[O-])cc1. The van der Waals surface area contributed by atoms with Gasteiger partial charge in [-0.2, -0.15) is 0 Å². The van der Waals surface area contributed by atoms with Crippen molar-refractivity contribution >= 4 is 5.69 Å². The van der Waals surface area contributed by atoms with E-state index in [1.54, 1.807) is 0 Å². The summed E-state index contributed by atoms with van der Waals surface area (Å²) in [5.41, 5.74) is 2.28. The molecule has 18 heavy (non-hydrogen) atoms. The van der Waals surface area contributed by atoms with E-state index in [0.717, 1.165) is 31.4 Å². The molecule has 1 aromatic carbocycles. The second-order valence-corrected chi connectivity index (χ2v) is 4.94. The Morgan fingerprint density at radius 1 is 1.28 bits per heavy atom. The molecule has 0 spiro atoms. The number of nitro groups is 1. The molecule has 0 saturated heterocycles. The van der Waals surface area contributed by atoms with E-state index in [4.69, 9.17) is 0 Å². The monoisotopic (exact) mass is 248 g/mol. The van der Waals surface area contributed by atoms with Crippen molar-refractivity contribution in [1.29, 1.82) is 0 Å². The maximum atomic E-state index is 11.0. The molecule has 0 aliphatic heterocycles. The van der Waals surface area contributed by atoms with Crippen LogP contribution in [0.25, 0.3) is 0 Å². The number of aryl methyl sites for hydroxylation is 1. The van der Waals surface area contributed by atoms with Gasteiger partial charge in [0.25, 0.3) is 0 Å². The molecule has 0 radical (unpaired) electrons. The van der Waals surface area contributed by atoms with Crippen molar-refractivity contribution in [3.8, 4) is 0 Å². The van der Waals surface area contributed by atoms with Crippen LogP contribution in [0.15, 0.2) is 24.3 Å². The van der Waals surface area contributed by atoms with Crippen LogP contribution < -0.4 is 5.32 Å². The maximum Gasteiger partial charge on any atom is 0.232 e. The van der Waals surface area contributed by atoms with Gasteiger partial charge in [-0.05, 0) is 37.0 Å². The lowest BCUT2D eigenvalue weighted by molar-refractivity contribution is -0.527. The van der Waals surface area contributed by atoms with Crippen molar-refractivity contribution in [3.05, 3.63) is 39.9 Å². The number of hydrogen-bond acceptors (Lipinski definition) is 3. The quantitative estimate of drug-likeness (QED) is 0.657. The van der Waals surface area contributed by atoms with Crippen molar-refractivity contribution in [1.82, 2.24) is 0 Å². The van der Waals surface area contributed by atoms with Gasteiger partial charge in [-0.25, -0.2) is 0 Å². The Balaban J connectivity index is 2.03. The van der Waals surface area contributed by atoms with Gasteiger partial charge in [0, 0.05) is 17.0 Å². The fraction of sp³-hybridized carbons (Fsp3) is 0.571. The molecule has 4 heteroatoms. The summed E-state index contributed by atoms with van der Waals surface area (Å²) in [6, 6.07) is 7.72. The van der Waals surface area contributed by atoms with Crippen molar-refractivity contribution in [2.45, 2.75) is 51.1 Å². The molecule has 1 aromatic rings. The van der Waals surface area contributed by atoms with Crippen LogP contribution in [0, 0.1) is 10.1 Å². The molecule has 0 bridgehead atoms. The average Bonchev–Trinajstić information content (AvgIpc) is 2.40. The molecule has 1 aliphatic rings. The Labute approximate surface area is 108 Å². The van der Waals surface area contributed by atoms with Crippen LogP contribution in [0.1, 0.15) is 38.2 Å². The van der Waals surface area contributed by atoms with E-state index in [9.17, 15) is 10.1 Å². The molecule has 1 aliphatic carbocycles. The van der Waals surface area contributed by atoms with E-state index < -0.39 is 6.04 Å². The molecule has 1 N–H and O–H groups in total. The van der Waals surface area contributed by atoms with E-state index in [2.05, 4.69) is 24.4 Å². The molecule has 0 amide bonds. The summed E-state index contributed by atoms with van der Waals surface area (Å²) in [4.78, 5) is 10.9. The Morgan fingerprint density at radius 2 is 1.94 bits per heavy atom. The molecule has 2 rings (SSSR count). The predicted molar refractivity (Wildman–Crippen MR) is 72.5 cm³/mol. The van der Waals surface area contributed by atoms with E-state index in [0.29, 0.717) is 6.42 Å². The van der Waals surface area contributed by atoms with Gasteiger partial charge < -0.3 is 5.32 Å². The lowest BCUT2D eigenvalue weighted by atomic mass is 9.90. The summed E-state index contributed by atoms with van der Waals surface area (Å²) >= 11 is 0. The van der Waals surface area contributed by atoms with Gasteiger partial charge >= 0.3 is 0 Å². The van der Waals surface area contributed by atoms with Gasteiger partial charge in [0.15, 0.2) is 0 Å². The third-order valence-corrected chi connectivity index (χ3v) is 3.71. The number of nitrogens with zero attached hydrogens (tertiary/aromatic N) is 1. The van der Waals surface area contributed by atoms with E-state index in [1.807, 2.05) is 12.1 Å². The van der Waals surface area contributed by atoms with E-state index >= 15 is 0 Å². The van der Waals surface area contributed by atoms with Gasteiger partial charge in [-0.1, -0.05) is 25.5 Å². The van der Waals surface area contributed by atoms with Gasteiger partial charge in [-0.15, -0.1) is 0 Å². The minimum absolute atomic E-state index is 0.0266. The minimum Gasteiger partial charge on any atom is -0.376 e. The Bertz CT molecular complexity index is 403. The third kappa shape index (κ3) is 3.00. The zero-order chi connectivity index (χ0) is 13.0. The highest BCUT2D eigenvalue weighted by atomic mass is 16.6. The topological polar surface area (TPSA) is 55.2 Å². The zero-order valence-electron chi connectivity index (χ0n) is 10.8. The summed E-state index contributed by atoms with van der Waals surface area (Å²) in [6.45, 7) is 2.12. The number of benzene rings is 1. The molecule has 1 fully saturated rings. The Hall–Kier alpha value is -1.58. The number of hydrogen-bond donors (Lipinski definition) is 1. The first-order valence-electron chi connectivity index (χ1n) is 6.69. The Kier molecular flexibility index (Phi) is 4.18. The molecule has 0 heterocycles. The van der Waals surface area contributed by atoms with Crippen LogP contribution in [-0.2, 0) is 6.42 Å². The van der Waals surface area contributed by atoms with E-state index in [1.165, 1.54) is 5.56 Å². The van der Waals surface area contributed by atoms with Gasteiger partial charge in [0.05, 0.1) is 6.04 Å². The molecular weight excluding hydrogens is 228 g/mol. The summed E-state index contributed by atoms with van der Waals surface area (Å²) in [5.74, 6) is 0. The smallest absolute Gasteiger partial charge is 0.232 e. The fourth-order valence-electron chi connectivity index (χ4n) is 2.58. The molecule has 1 saturated carbocycles. The summed E-state index contributed by atoms with van der Waals surface area (Å²) < 4.78 is 0. The normalized spacial score (nSPS) is 23.6. The van der Waals surface area contributed by atoms with Crippen molar-refractivity contribution in [2.75, 3.05) is 5.32 Å². The van der Waals surface area contributed by atoms with Crippen LogP contribution in [0.5, 0.6) is 0 Å². The van der Waals surface area contributed by atoms with Crippen LogP contribution in [0.3, 0.4) is 0 Å². The molecule has 98 valence electrons. The van der Waals surface area contributed by atoms with Crippen LogP contribution >= 0.6 is 0 Å². The maximum absolute atomic E-state index is 11.0. The number of anilines is 1. The zero-order valence-corrected chi connectivity index (χ0v) is 10.8. The van der Waals surface area contributed by atoms with Crippen molar-refractivity contribution in [2.24, 2.45) is 0 Å². The molecule has 2 atom stereocenters. The second-order valence-electron chi connectivity index (χ2n) is 4.94. The largest absolute Gasteiger partial charge is 0.376 e. The van der Waals surface area contributed by atoms with Crippen LogP contribution in [-0.4, -0.2) is 17.0 Å². The fourth-order valence-corrected chi connectivity index (χ4v) is 2.58. The average molecular weight is 248 g/mol. The Morgan fingerprint density at radius 3 is 2.56 bits per heavy atom. The number of nitrogens with one attached hydrogen (secondary N) is 1. The van der Waals surface area contributed by atoms with Gasteiger partial charge in [0.1, 0.15) is 0 Å². The molecular formula is C14H20N2O2. The highest BCUT2D eigenvalue weighted by Crippen LogP contribution is 2.24. The lowest BCUT2D eigenvalue weighted by Crippen LogP contribution is -2.41.